The summed E-state index contributed by atoms with van der Waals surface area (Å²) in [5, 5.41) is 0.170. The molecular weight excluding hydrogens is 286 g/mol. The summed E-state index contributed by atoms with van der Waals surface area (Å²) < 4.78 is 26.7. The van der Waals surface area contributed by atoms with E-state index in [-0.39, 0.29) is 21.8 Å². The van der Waals surface area contributed by atoms with Crippen LogP contribution in [0.3, 0.4) is 0 Å². The molecule has 5 nitrogen and oxygen atoms in total. The number of nitrogens with zero attached hydrogens (tertiary/aromatic N) is 2. The minimum atomic E-state index is -3.54. The van der Waals surface area contributed by atoms with Gasteiger partial charge in [-0.25, -0.2) is 13.4 Å². The molecule has 0 amide bonds. The van der Waals surface area contributed by atoms with Crippen molar-refractivity contribution >= 4 is 27.4 Å². The number of rotatable bonds is 2. The van der Waals surface area contributed by atoms with Crippen LogP contribution in [0.1, 0.15) is 32.6 Å². The van der Waals surface area contributed by atoms with E-state index in [9.17, 15) is 8.42 Å². The summed E-state index contributed by atoms with van der Waals surface area (Å²) in [7, 11) is -3.54. The van der Waals surface area contributed by atoms with E-state index in [0.29, 0.717) is 6.54 Å². The highest BCUT2D eigenvalue weighted by atomic mass is 35.5. The van der Waals surface area contributed by atoms with E-state index in [1.165, 1.54) is 12.3 Å². The van der Waals surface area contributed by atoms with E-state index < -0.39 is 10.0 Å². The number of anilines is 1. The van der Waals surface area contributed by atoms with Gasteiger partial charge in [0.05, 0.1) is 5.02 Å². The van der Waals surface area contributed by atoms with Crippen molar-refractivity contribution < 1.29 is 8.42 Å². The van der Waals surface area contributed by atoms with Crippen LogP contribution >= 0.6 is 11.6 Å². The van der Waals surface area contributed by atoms with Crippen molar-refractivity contribution in [3.8, 4) is 0 Å². The van der Waals surface area contributed by atoms with E-state index in [2.05, 4.69) is 4.98 Å². The number of nitrogen functional groups attached to an aromatic ring is 1. The average molecular weight is 304 g/mol. The molecule has 1 aromatic rings. The van der Waals surface area contributed by atoms with Crippen molar-refractivity contribution in [3.05, 3.63) is 17.3 Å². The molecule has 0 bridgehead atoms. The molecule has 7 heteroatoms. The largest absolute Gasteiger partial charge is 0.382 e. The summed E-state index contributed by atoms with van der Waals surface area (Å²) in [6.45, 7) is 2.49. The van der Waals surface area contributed by atoms with Crippen molar-refractivity contribution in [2.24, 2.45) is 0 Å². The molecule has 1 unspecified atom stereocenters. The fraction of sp³-hybridized carbons (Fsp3) is 0.583. The molecule has 1 fully saturated rings. The van der Waals surface area contributed by atoms with Crippen LogP contribution in [0.15, 0.2) is 17.2 Å². The van der Waals surface area contributed by atoms with Crippen LogP contribution in [0.25, 0.3) is 0 Å². The van der Waals surface area contributed by atoms with E-state index in [1.807, 2.05) is 6.92 Å². The minimum Gasteiger partial charge on any atom is -0.382 e. The average Bonchev–Trinajstić information content (AvgIpc) is 2.57. The molecule has 0 aliphatic carbocycles. The quantitative estimate of drug-likeness (QED) is 0.909. The van der Waals surface area contributed by atoms with Crippen LogP contribution in [0.5, 0.6) is 0 Å². The van der Waals surface area contributed by atoms with Crippen molar-refractivity contribution in [2.45, 2.75) is 43.5 Å². The van der Waals surface area contributed by atoms with E-state index >= 15 is 0 Å². The molecule has 1 aliphatic rings. The van der Waals surface area contributed by atoms with Gasteiger partial charge < -0.3 is 5.73 Å². The van der Waals surface area contributed by atoms with Gasteiger partial charge >= 0.3 is 0 Å². The van der Waals surface area contributed by atoms with Crippen molar-refractivity contribution in [1.82, 2.24) is 9.29 Å². The summed E-state index contributed by atoms with van der Waals surface area (Å²) in [5.74, 6) is 0.143. The molecule has 0 aromatic carbocycles. The lowest BCUT2D eigenvalue weighted by Gasteiger charge is -2.26. The van der Waals surface area contributed by atoms with Crippen molar-refractivity contribution in [1.29, 1.82) is 0 Å². The Labute approximate surface area is 118 Å². The van der Waals surface area contributed by atoms with Gasteiger partial charge in [-0.3, -0.25) is 0 Å². The highest BCUT2D eigenvalue weighted by Crippen LogP contribution is 2.27. The monoisotopic (exact) mass is 303 g/mol. The van der Waals surface area contributed by atoms with Gasteiger partial charge in [0, 0.05) is 18.8 Å². The zero-order valence-corrected chi connectivity index (χ0v) is 12.4. The van der Waals surface area contributed by atoms with Gasteiger partial charge in [0.2, 0.25) is 10.0 Å². The molecule has 1 atom stereocenters. The Balaban J connectivity index is 2.37. The summed E-state index contributed by atoms with van der Waals surface area (Å²) >= 11 is 5.86. The zero-order chi connectivity index (χ0) is 14.0. The van der Waals surface area contributed by atoms with Crippen LogP contribution in [-0.4, -0.2) is 30.3 Å². The number of halogens is 1. The second-order valence-corrected chi connectivity index (χ2v) is 7.15. The number of aromatic nitrogens is 1. The van der Waals surface area contributed by atoms with Crippen LogP contribution < -0.4 is 5.73 Å². The smallest absolute Gasteiger partial charge is 0.244 e. The van der Waals surface area contributed by atoms with Gasteiger partial charge in [-0.2, -0.15) is 4.31 Å². The Hall–Kier alpha value is -0.850. The molecule has 1 saturated heterocycles. The van der Waals surface area contributed by atoms with Crippen LogP contribution in [-0.2, 0) is 10.0 Å². The topological polar surface area (TPSA) is 76.3 Å². The zero-order valence-electron chi connectivity index (χ0n) is 10.8. The second-order valence-electron chi connectivity index (χ2n) is 4.85. The fourth-order valence-electron chi connectivity index (χ4n) is 2.31. The fourth-order valence-corrected chi connectivity index (χ4v) is 4.22. The SMILES string of the molecule is CC1CCCCCN1S(=O)(=O)c1cnc(N)c(Cl)c1. The molecule has 2 heterocycles. The maximum atomic E-state index is 12.6. The van der Waals surface area contributed by atoms with E-state index in [1.54, 1.807) is 4.31 Å². The second kappa shape index (κ2) is 5.64. The third-order valence-electron chi connectivity index (χ3n) is 3.44. The summed E-state index contributed by atoms with van der Waals surface area (Å²) in [6.07, 6.45) is 5.17. The minimum absolute atomic E-state index is 0.00354. The van der Waals surface area contributed by atoms with Gasteiger partial charge in [-0.1, -0.05) is 24.4 Å². The molecule has 2 rings (SSSR count). The molecule has 0 radical (unpaired) electrons. The van der Waals surface area contributed by atoms with Crippen molar-refractivity contribution in [2.75, 3.05) is 12.3 Å². The maximum Gasteiger partial charge on any atom is 0.244 e. The lowest BCUT2D eigenvalue weighted by atomic mass is 10.1. The first-order valence-corrected chi connectivity index (χ1v) is 8.17. The number of hydrogen-bond acceptors (Lipinski definition) is 4. The summed E-state index contributed by atoms with van der Waals surface area (Å²) in [6, 6.07) is 1.38. The third kappa shape index (κ3) is 3.01. The number of hydrogen-bond donors (Lipinski definition) is 1. The molecule has 1 aliphatic heterocycles. The Morgan fingerprint density at radius 1 is 1.42 bits per heavy atom. The van der Waals surface area contributed by atoms with Crippen LogP contribution in [0.4, 0.5) is 5.82 Å². The lowest BCUT2D eigenvalue weighted by molar-refractivity contribution is 0.342. The predicted molar refractivity (Wildman–Crippen MR) is 75.5 cm³/mol. The summed E-state index contributed by atoms with van der Waals surface area (Å²) in [5.41, 5.74) is 5.51. The molecule has 1 aromatic heterocycles. The van der Waals surface area contributed by atoms with E-state index in [0.717, 1.165) is 25.7 Å². The van der Waals surface area contributed by atoms with Crippen LogP contribution in [0.2, 0.25) is 5.02 Å². The first kappa shape index (κ1) is 14.6. The summed E-state index contributed by atoms with van der Waals surface area (Å²) in [4.78, 5) is 3.94. The molecular formula is C12H18ClN3O2S. The lowest BCUT2D eigenvalue weighted by Crippen LogP contribution is -2.38. The Bertz CT molecular complexity index is 562. The van der Waals surface area contributed by atoms with E-state index in [4.69, 9.17) is 17.3 Å². The highest BCUT2D eigenvalue weighted by Gasteiger charge is 2.30. The number of pyridine rings is 1. The normalized spacial score (nSPS) is 22.1. The van der Waals surface area contributed by atoms with Gasteiger partial charge in [0.15, 0.2) is 0 Å². The Morgan fingerprint density at radius 2 is 2.16 bits per heavy atom. The number of nitrogens with two attached hydrogens (primary N) is 1. The maximum absolute atomic E-state index is 12.6. The Morgan fingerprint density at radius 3 is 2.84 bits per heavy atom. The van der Waals surface area contributed by atoms with Gasteiger partial charge in [0.1, 0.15) is 10.7 Å². The first-order chi connectivity index (χ1) is 8.93. The standard InChI is InChI=1S/C12H18ClN3O2S/c1-9-5-3-2-4-6-16(9)19(17,18)10-7-11(13)12(14)15-8-10/h7-9H,2-6H2,1H3,(H2,14,15). The van der Waals surface area contributed by atoms with Gasteiger partial charge in [0.25, 0.3) is 0 Å². The van der Waals surface area contributed by atoms with Crippen LogP contribution in [0, 0.1) is 0 Å². The molecule has 0 spiro atoms. The Kier molecular flexibility index (Phi) is 4.32. The molecule has 2 N–H and O–H groups in total. The molecule has 106 valence electrons. The van der Waals surface area contributed by atoms with Gasteiger partial charge in [-0.05, 0) is 25.8 Å². The molecule has 19 heavy (non-hydrogen) atoms. The van der Waals surface area contributed by atoms with Crippen molar-refractivity contribution in [3.63, 3.8) is 0 Å². The number of sulfonamides is 1. The highest BCUT2D eigenvalue weighted by molar-refractivity contribution is 7.89. The first-order valence-electron chi connectivity index (χ1n) is 6.36. The van der Waals surface area contributed by atoms with Gasteiger partial charge in [-0.15, -0.1) is 0 Å². The molecule has 0 saturated carbocycles. The third-order valence-corrected chi connectivity index (χ3v) is 5.72. The predicted octanol–water partition coefficient (Wildman–Crippen LogP) is 2.27.